The number of nitrogens with zero attached hydrogens (tertiary/aromatic N) is 5. The van der Waals surface area contributed by atoms with Gasteiger partial charge < -0.3 is 9.64 Å². The van der Waals surface area contributed by atoms with Crippen LogP contribution >= 0.6 is 0 Å². The molecule has 0 radical (unpaired) electrons. The summed E-state index contributed by atoms with van der Waals surface area (Å²) in [7, 11) is 0. The van der Waals surface area contributed by atoms with Crippen LogP contribution in [0, 0.1) is 11.3 Å². The van der Waals surface area contributed by atoms with Gasteiger partial charge >= 0.3 is 0 Å². The molecule has 5 rings (SSSR count). The van der Waals surface area contributed by atoms with Crippen LogP contribution in [-0.2, 0) is 4.74 Å². The van der Waals surface area contributed by atoms with Crippen molar-refractivity contribution in [3.05, 3.63) is 36.0 Å². The molecule has 2 aromatic rings. The first-order chi connectivity index (χ1) is 15.2. The maximum atomic E-state index is 9.46. The van der Waals surface area contributed by atoms with Gasteiger partial charge in [0.15, 0.2) is 0 Å². The number of anilines is 1. The van der Waals surface area contributed by atoms with E-state index >= 15 is 0 Å². The predicted molar refractivity (Wildman–Crippen MR) is 123 cm³/mol. The molecular weight excluding hydrogens is 386 g/mol. The highest BCUT2D eigenvalue weighted by Gasteiger charge is 2.33. The van der Waals surface area contributed by atoms with Gasteiger partial charge in [0.05, 0.1) is 23.3 Å². The fourth-order valence-corrected chi connectivity index (χ4v) is 5.71. The number of benzene rings is 1. The number of ether oxygens (including phenoxy) is 1. The van der Waals surface area contributed by atoms with Crippen molar-refractivity contribution in [3.63, 3.8) is 0 Å². The quantitative estimate of drug-likeness (QED) is 0.758. The molecule has 3 atom stereocenters. The molecule has 31 heavy (non-hydrogen) atoms. The minimum atomic E-state index is 0.182. The Morgan fingerprint density at radius 2 is 1.97 bits per heavy atom. The summed E-state index contributed by atoms with van der Waals surface area (Å²) < 4.78 is 6.37. The first-order valence-electron chi connectivity index (χ1n) is 11.9. The number of pyridine rings is 1. The molecule has 164 valence electrons. The molecule has 3 saturated heterocycles. The van der Waals surface area contributed by atoms with E-state index in [0.717, 1.165) is 42.3 Å². The van der Waals surface area contributed by atoms with Crippen LogP contribution in [0.4, 0.5) is 5.69 Å². The number of piperidine rings is 1. The molecule has 0 saturated carbocycles. The van der Waals surface area contributed by atoms with Gasteiger partial charge in [0.25, 0.3) is 0 Å². The Kier molecular flexibility index (Phi) is 6.08. The lowest BCUT2D eigenvalue weighted by molar-refractivity contribution is -0.0301. The van der Waals surface area contributed by atoms with Gasteiger partial charge in [0.1, 0.15) is 6.07 Å². The van der Waals surface area contributed by atoms with E-state index in [2.05, 4.69) is 44.8 Å². The van der Waals surface area contributed by atoms with E-state index in [9.17, 15) is 5.26 Å². The summed E-state index contributed by atoms with van der Waals surface area (Å²) in [5.74, 6) is 0. The number of rotatable bonds is 4. The van der Waals surface area contributed by atoms with E-state index in [1.54, 1.807) is 6.20 Å². The zero-order valence-electron chi connectivity index (χ0n) is 18.5. The summed E-state index contributed by atoms with van der Waals surface area (Å²) in [5, 5.41) is 10.5. The molecule has 0 unspecified atom stereocenters. The number of likely N-dealkylation sites (tertiary alicyclic amines) is 2. The lowest BCUT2D eigenvalue weighted by atomic mass is 10.1. The Labute approximate surface area is 185 Å². The molecule has 4 heterocycles. The Hall–Kier alpha value is -2.20. The fraction of sp³-hybridized carbons (Fsp3) is 0.600. The van der Waals surface area contributed by atoms with Crippen LogP contribution < -0.4 is 4.90 Å². The van der Waals surface area contributed by atoms with Gasteiger partial charge in [0.2, 0.25) is 0 Å². The summed E-state index contributed by atoms with van der Waals surface area (Å²) in [4.78, 5) is 12.2. The number of hydrogen-bond acceptors (Lipinski definition) is 6. The highest BCUT2D eigenvalue weighted by Crippen LogP contribution is 2.30. The van der Waals surface area contributed by atoms with Gasteiger partial charge in [-0.1, -0.05) is 6.42 Å². The highest BCUT2D eigenvalue weighted by atomic mass is 16.5. The standard InChI is InChI=1S/C25H33N5O/c1-19-15-30(24-8-7-20(14-26)25-23(24)6-5-10-27-25)18-22(31-19)17-28-13-9-21(16-28)29-11-3-2-4-12-29/h5-8,10,19,21-22H,2-4,9,11-13,15-18H2,1H3/t19-,21+,22+/m1/s1. The van der Waals surface area contributed by atoms with E-state index in [-0.39, 0.29) is 12.2 Å². The van der Waals surface area contributed by atoms with E-state index in [1.807, 2.05) is 12.1 Å². The first kappa shape index (κ1) is 20.7. The minimum absolute atomic E-state index is 0.182. The fourth-order valence-electron chi connectivity index (χ4n) is 5.71. The van der Waals surface area contributed by atoms with Gasteiger partial charge in [-0.05, 0) is 70.1 Å². The number of hydrogen-bond donors (Lipinski definition) is 0. The van der Waals surface area contributed by atoms with Crippen LogP contribution in [0.2, 0.25) is 0 Å². The molecule has 0 bridgehead atoms. The zero-order chi connectivity index (χ0) is 21.2. The number of fused-ring (bicyclic) bond motifs is 1. The molecule has 6 heteroatoms. The summed E-state index contributed by atoms with van der Waals surface area (Å²) >= 11 is 0. The monoisotopic (exact) mass is 419 g/mol. The normalized spacial score (nSPS) is 28.1. The van der Waals surface area contributed by atoms with Crippen molar-refractivity contribution in [2.75, 3.05) is 50.7 Å². The van der Waals surface area contributed by atoms with Gasteiger partial charge in [-0.3, -0.25) is 14.8 Å². The summed E-state index contributed by atoms with van der Waals surface area (Å²) in [6.07, 6.45) is 7.56. The number of aromatic nitrogens is 1. The Morgan fingerprint density at radius 1 is 1.10 bits per heavy atom. The molecule has 3 fully saturated rings. The van der Waals surface area contributed by atoms with Crippen molar-refractivity contribution in [2.45, 2.75) is 50.9 Å². The summed E-state index contributed by atoms with van der Waals surface area (Å²) in [6, 6.07) is 11.0. The van der Waals surface area contributed by atoms with Crippen LogP contribution in [-0.4, -0.2) is 78.8 Å². The van der Waals surface area contributed by atoms with Gasteiger partial charge in [-0.15, -0.1) is 0 Å². The van der Waals surface area contributed by atoms with Crippen molar-refractivity contribution < 1.29 is 4.74 Å². The molecule has 3 aliphatic heterocycles. The zero-order valence-corrected chi connectivity index (χ0v) is 18.5. The molecule has 0 amide bonds. The van der Waals surface area contributed by atoms with Crippen molar-refractivity contribution in [3.8, 4) is 6.07 Å². The third-order valence-electron chi connectivity index (χ3n) is 7.15. The average Bonchev–Trinajstić information content (AvgIpc) is 3.27. The summed E-state index contributed by atoms with van der Waals surface area (Å²) in [5.41, 5.74) is 2.59. The van der Waals surface area contributed by atoms with Crippen LogP contribution in [0.1, 0.15) is 38.2 Å². The van der Waals surface area contributed by atoms with Crippen molar-refractivity contribution >= 4 is 16.6 Å². The predicted octanol–water partition coefficient (Wildman–Crippen LogP) is 3.26. The van der Waals surface area contributed by atoms with Crippen molar-refractivity contribution in [1.29, 1.82) is 5.26 Å². The lowest BCUT2D eigenvalue weighted by Crippen LogP contribution is -2.51. The number of nitriles is 1. The van der Waals surface area contributed by atoms with E-state index in [0.29, 0.717) is 5.56 Å². The van der Waals surface area contributed by atoms with Crippen molar-refractivity contribution in [1.82, 2.24) is 14.8 Å². The van der Waals surface area contributed by atoms with Crippen molar-refractivity contribution in [2.24, 2.45) is 0 Å². The molecule has 0 spiro atoms. The molecule has 1 aromatic carbocycles. The maximum Gasteiger partial charge on any atom is 0.101 e. The Morgan fingerprint density at radius 3 is 2.81 bits per heavy atom. The smallest absolute Gasteiger partial charge is 0.101 e. The van der Waals surface area contributed by atoms with Crippen LogP contribution in [0.3, 0.4) is 0 Å². The van der Waals surface area contributed by atoms with E-state index in [4.69, 9.17) is 4.74 Å². The first-order valence-corrected chi connectivity index (χ1v) is 11.9. The Balaban J connectivity index is 1.28. The molecule has 0 N–H and O–H groups in total. The maximum absolute atomic E-state index is 9.46. The molecular formula is C25H33N5O. The third-order valence-corrected chi connectivity index (χ3v) is 7.15. The van der Waals surface area contributed by atoms with E-state index in [1.165, 1.54) is 51.9 Å². The molecule has 6 nitrogen and oxygen atoms in total. The highest BCUT2D eigenvalue weighted by molar-refractivity contribution is 5.95. The average molecular weight is 420 g/mol. The minimum Gasteiger partial charge on any atom is -0.370 e. The number of morpholine rings is 1. The van der Waals surface area contributed by atoms with Gasteiger partial charge in [-0.25, -0.2) is 0 Å². The van der Waals surface area contributed by atoms with Gasteiger partial charge in [-0.2, -0.15) is 5.26 Å². The van der Waals surface area contributed by atoms with Crippen LogP contribution in [0.5, 0.6) is 0 Å². The van der Waals surface area contributed by atoms with Crippen LogP contribution in [0.15, 0.2) is 30.5 Å². The lowest BCUT2D eigenvalue weighted by Gasteiger charge is -2.40. The second kappa shape index (κ2) is 9.12. The third kappa shape index (κ3) is 4.41. The second-order valence-electron chi connectivity index (χ2n) is 9.42. The molecule has 3 aliphatic rings. The topological polar surface area (TPSA) is 55.6 Å². The summed E-state index contributed by atoms with van der Waals surface area (Å²) in [6.45, 7) is 9.83. The van der Waals surface area contributed by atoms with E-state index < -0.39 is 0 Å². The second-order valence-corrected chi connectivity index (χ2v) is 9.42. The molecule has 1 aromatic heterocycles. The Bertz CT molecular complexity index is 951. The molecule has 0 aliphatic carbocycles. The SMILES string of the molecule is C[C@@H]1CN(c2ccc(C#N)c3ncccc23)C[C@H](CN2CC[C@H](N3CCCCC3)C2)O1. The largest absolute Gasteiger partial charge is 0.370 e. The van der Waals surface area contributed by atoms with Gasteiger partial charge in [0, 0.05) is 49.5 Å². The van der Waals surface area contributed by atoms with Crippen LogP contribution in [0.25, 0.3) is 10.9 Å².